The number of carbonyl (C=O) groups is 2. The van der Waals surface area contributed by atoms with Crippen molar-refractivity contribution < 1.29 is 42.7 Å². The first kappa shape index (κ1) is 37.7. The number of unbranched alkanes of at least 4 members (excludes halogenated alkanes) is 4. The number of ether oxygens (including phenoxy) is 7. The summed E-state index contributed by atoms with van der Waals surface area (Å²) in [4.78, 5) is 23.5. The van der Waals surface area contributed by atoms with E-state index in [1.54, 1.807) is 0 Å². The molecule has 0 saturated heterocycles. The minimum atomic E-state index is -0.281. The number of esters is 2. The molecule has 0 aromatic rings. The minimum absolute atomic E-state index is 0.0958. The standard InChI is InChI=1S/C30H58O9/c1-9-11-13-15-29(31)38-21-27(7)36-19-25(5)34-17-23(3)33-18-24(4)35-20-26(6)37-22-28(8)39-30(32)16-14-12-10-2/h23-28H,9-22H2,1-8H3. The van der Waals surface area contributed by atoms with Gasteiger partial charge in [-0.1, -0.05) is 39.5 Å². The summed E-state index contributed by atoms with van der Waals surface area (Å²) < 4.78 is 39.7. The van der Waals surface area contributed by atoms with Crippen LogP contribution in [0.5, 0.6) is 0 Å². The maximum absolute atomic E-state index is 11.8. The molecular weight excluding hydrogens is 504 g/mol. The van der Waals surface area contributed by atoms with Crippen LogP contribution < -0.4 is 0 Å². The molecule has 0 bridgehead atoms. The molecule has 0 amide bonds. The third-order valence-electron chi connectivity index (χ3n) is 5.86. The first-order chi connectivity index (χ1) is 18.6. The fourth-order valence-corrected chi connectivity index (χ4v) is 3.38. The Kier molecular flexibility index (Phi) is 23.7. The fraction of sp³-hybridized carbons (Fsp3) is 0.933. The number of carbonyl (C=O) groups excluding carboxylic acids is 2. The Hall–Kier alpha value is -1.26. The maximum Gasteiger partial charge on any atom is 0.306 e. The van der Waals surface area contributed by atoms with Crippen molar-refractivity contribution in [2.45, 2.75) is 143 Å². The van der Waals surface area contributed by atoms with Crippen LogP contribution in [0.25, 0.3) is 0 Å². The monoisotopic (exact) mass is 562 g/mol. The van der Waals surface area contributed by atoms with Gasteiger partial charge in [0.05, 0.1) is 63.6 Å². The second kappa shape index (κ2) is 24.5. The van der Waals surface area contributed by atoms with E-state index in [0.29, 0.717) is 45.9 Å². The van der Waals surface area contributed by atoms with Gasteiger partial charge < -0.3 is 33.2 Å². The second-order valence-corrected chi connectivity index (χ2v) is 10.6. The molecule has 39 heavy (non-hydrogen) atoms. The van der Waals surface area contributed by atoms with E-state index < -0.39 is 0 Å². The normalized spacial score (nSPS) is 16.2. The first-order valence-corrected chi connectivity index (χ1v) is 15.0. The summed E-state index contributed by atoms with van der Waals surface area (Å²) in [5, 5.41) is 0. The number of rotatable bonds is 26. The zero-order valence-corrected chi connectivity index (χ0v) is 26.0. The van der Waals surface area contributed by atoms with Gasteiger partial charge in [-0.25, -0.2) is 0 Å². The van der Waals surface area contributed by atoms with E-state index in [4.69, 9.17) is 33.2 Å². The lowest BCUT2D eigenvalue weighted by atomic mass is 10.2. The molecule has 0 N–H and O–H groups in total. The van der Waals surface area contributed by atoms with Gasteiger partial charge in [-0.2, -0.15) is 0 Å². The molecule has 0 rings (SSSR count). The third-order valence-corrected chi connectivity index (χ3v) is 5.86. The maximum atomic E-state index is 11.8. The number of hydrogen-bond acceptors (Lipinski definition) is 9. The van der Waals surface area contributed by atoms with Gasteiger partial charge in [0.15, 0.2) is 0 Å². The molecular formula is C30H58O9. The molecule has 9 nitrogen and oxygen atoms in total. The predicted octanol–water partition coefficient (Wildman–Crippen LogP) is 5.65. The molecule has 0 aromatic heterocycles. The van der Waals surface area contributed by atoms with E-state index in [2.05, 4.69) is 13.8 Å². The summed E-state index contributed by atoms with van der Waals surface area (Å²) in [6, 6.07) is 0. The molecule has 0 aromatic carbocycles. The van der Waals surface area contributed by atoms with Crippen molar-refractivity contribution in [3.63, 3.8) is 0 Å². The smallest absolute Gasteiger partial charge is 0.306 e. The van der Waals surface area contributed by atoms with Crippen LogP contribution >= 0.6 is 0 Å². The minimum Gasteiger partial charge on any atom is -0.463 e. The lowest BCUT2D eigenvalue weighted by Crippen LogP contribution is -2.30. The van der Waals surface area contributed by atoms with Gasteiger partial charge in [0.25, 0.3) is 0 Å². The van der Waals surface area contributed by atoms with Gasteiger partial charge in [-0.3, -0.25) is 9.59 Å². The Labute approximate surface area is 237 Å². The Morgan fingerprint density at radius 1 is 0.462 bits per heavy atom. The zero-order valence-electron chi connectivity index (χ0n) is 26.0. The Morgan fingerprint density at radius 3 is 1.18 bits per heavy atom. The van der Waals surface area contributed by atoms with Crippen molar-refractivity contribution in [1.82, 2.24) is 0 Å². The zero-order chi connectivity index (χ0) is 29.5. The molecule has 0 aliphatic heterocycles. The van der Waals surface area contributed by atoms with Crippen LogP contribution in [0.15, 0.2) is 0 Å². The topological polar surface area (TPSA) is 98.8 Å². The molecule has 6 atom stereocenters. The van der Waals surface area contributed by atoms with Gasteiger partial charge >= 0.3 is 11.9 Å². The average molecular weight is 563 g/mol. The lowest BCUT2D eigenvalue weighted by molar-refractivity contribution is -0.153. The molecule has 0 aliphatic rings. The van der Waals surface area contributed by atoms with Crippen LogP contribution in [0, 0.1) is 0 Å². The van der Waals surface area contributed by atoms with Crippen molar-refractivity contribution in [1.29, 1.82) is 0 Å². The van der Waals surface area contributed by atoms with Crippen LogP contribution in [-0.2, 0) is 42.7 Å². The molecule has 9 heteroatoms. The summed E-state index contributed by atoms with van der Waals surface area (Å²) in [5.74, 6) is -0.334. The van der Waals surface area contributed by atoms with Crippen LogP contribution in [0.2, 0.25) is 0 Å². The van der Waals surface area contributed by atoms with E-state index in [9.17, 15) is 9.59 Å². The van der Waals surface area contributed by atoms with Crippen molar-refractivity contribution >= 4 is 11.9 Å². The Balaban J connectivity index is 3.87. The largest absolute Gasteiger partial charge is 0.463 e. The van der Waals surface area contributed by atoms with E-state index >= 15 is 0 Å². The SMILES string of the molecule is CCCCCC(=O)OCC(C)OCC(C)OCC(C)OCC(C)OCC(C)OCC(C)OC(=O)CCCCC. The predicted molar refractivity (Wildman–Crippen MR) is 152 cm³/mol. The molecule has 232 valence electrons. The molecule has 0 radical (unpaired) electrons. The molecule has 0 fully saturated rings. The summed E-state index contributed by atoms with van der Waals surface area (Å²) in [6.07, 6.45) is 6.00. The third kappa shape index (κ3) is 24.3. The van der Waals surface area contributed by atoms with E-state index in [-0.39, 0.29) is 55.2 Å². The van der Waals surface area contributed by atoms with E-state index in [0.717, 1.165) is 38.5 Å². The van der Waals surface area contributed by atoms with Gasteiger partial charge in [-0.05, 0) is 54.4 Å². The highest BCUT2D eigenvalue weighted by molar-refractivity contribution is 5.69. The van der Waals surface area contributed by atoms with E-state index in [1.165, 1.54) is 0 Å². The van der Waals surface area contributed by atoms with Crippen LogP contribution in [0.1, 0.15) is 107 Å². The fourth-order valence-electron chi connectivity index (χ4n) is 3.38. The van der Waals surface area contributed by atoms with Crippen LogP contribution in [0.4, 0.5) is 0 Å². The second-order valence-electron chi connectivity index (χ2n) is 10.6. The molecule has 0 saturated carbocycles. The van der Waals surface area contributed by atoms with E-state index in [1.807, 2.05) is 41.5 Å². The molecule has 0 heterocycles. The summed E-state index contributed by atoms with van der Waals surface area (Å²) in [6.45, 7) is 18.0. The van der Waals surface area contributed by atoms with Crippen molar-refractivity contribution in [2.75, 3.05) is 39.6 Å². The van der Waals surface area contributed by atoms with Gasteiger partial charge in [0.1, 0.15) is 12.7 Å². The summed E-state index contributed by atoms with van der Waals surface area (Å²) in [5.41, 5.74) is 0. The molecule has 0 aliphatic carbocycles. The molecule has 0 spiro atoms. The Bertz CT molecular complexity index is 601. The van der Waals surface area contributed by atoms with Gasteiger partial charge in [0.2, 0.25) is 0 Å². The summed E-state index contributed by atoms with van der Waals surface area (Å²) >= 11 is 0. The highest BCUT2D eigenvalue weighted by Gasteiger charge is 2.15. The van der Waals surface area contributed by atoms with Crippen molar-refractivity contribution in [2.24, 2.45) is 0 Å². The quantitative estimate of drug-likeness (QED) is 0.0978. The lowest BCUT2D eigenvalue weighted by Gasteiger charge is -2.22. The van der Waals surface area contributed by atoms with Crippen LogP contribution in [-0.4, -0.2) is 88.2 Å². The van der Waals surface area contributed by atoms with Gasteiger partial charge in [0, 0.05) is 12.8 Å². The Morgan fingerprint density at radius 2 is 0.795 bits per heavy atom. The average Bonchev–Trinajstić information content (AvgIpc) is 2.90. The van der Waals surface area contributed by atoms with Gasteiger partial charge in [-0.15, -0.1) is 0 Å². The highest BCUT2D eigenvalue weighted by Crippen LogP contribution is 2.07. The summed E-state index contributed by atoms with van der Waals surface area (Å²) in [7, 11) is 0. The van der Waals surface area contributed by atoms with Crippen LogP contribution in [0.3, 0.4) is 0 Å². The first-order valence-electron chi connectivity index (χ1n) is 15.0. The van der Waals surface area contributed by atoms with Crippen molar-refractivity contribution in [3.05, 3.63) is 0 Å². The molecule has 6 unspecified atom stereocenters. The highest BCUT2D eigenvalue weighted by atomic mass is 16.6. The van der Waals surface area contributed by atoms with Crippen molar-refractivity contribution in [3.8, 4) is 0 Å². The number of hydrogen-bond donors (Lipinski definition) is 0.